The van der Waals surface area contributed by atoms with Crippen molar-refractivity contribution in [3.8, 4) is 0 Å². The molecular formula is C14H28. The van der Waals surface area contributed by atoms with Gasteiger partial charge in [0.05, 0.1) is 0 Å². The van der Waals surface area contributed by atoms with Gasteiger partial charge in [-0.15, -0.1) is 0 Å². The molecule has 0 heteroatoms. The van der Waals surface area contributed by atoms with Crippen molar-refractivity contribution in [2.45, 2.75) is 67.7 Å². The van der Waals surface area contributed by atoms with Crippen LogP contribution in [0.5, 0.6) is 0 Å². The highest BCUT2D eigenvalue weighted by atomic mass is 14.2. The largest absolute Gasteiger partial charge is 0.0848 e. The van der Waals surface area contributed by atoms with Gasteiger partial charge in [-0.05, 0) is 30.1 Å². The normalized spacial score (nSPS) is 14.6. The Kier molecular flexibility index (Phi) is 4.91. The Morgan fingerprint density at radius 2 is 1.50 bits per heavy atom. The van der Waals surface area contributed by atoms with Crippen molar-refractivity contribution in [2.75, 3.05) is 0 Å². The van der Waals surface area contributed by atoms with Gasteiger partial charge in [0, 0.05) is 0 Å². The summed E-state index contributed by atoms with van der Waals surface area (Å²) in [6.45, 7) is 16.1. The van der Waals surface area contributed by atoms with E-state index in [2.05, 4.69) is 54.5 Å². The maximum absolute atomic E-state index is 2.45. The molecule has 0 N–H and O–H groups in total. The van der Waals surface area contributed by atoms with E-state index in [1.807, 2.05) is 0 Å². The van der Waals surface area contributed by atoms with Crippen LogP contribution in [0, 0.1) is 10.8 Å². The van der Waals surface area contributed by atoms with E-state index < -0.39 is 0 Å². The highest BCUT2D eigenvalue weighted by molar-refractivity contribution is 5.10. The van der Waals surface area contributed by atoms with Gasteiger partial charge in [-0.2, -0.15) is 0 Å². The molecule has 0 fully saturated rings. The molecule has 0 radical (unpaired) electrons. The summed E-state index contributed by atoms with van der Waals surface area (Å²) in [4.78, 5) is 0. The lowest BCUT2D eigenvalue weighted by molar-refractivity contribution is 0.379. The van der Waals surface area contributed by atoms with E-state index in [0.29, 0.717) is 10.8 Å². The number of hydrogen-bond donors (Lipinski definition) is 0. The van der Waals surface area contributed by atoms with Crippen molar-refractivity contribution < 1.29 is 0 Å². The minimum Gasteiger partial charge on any atom is -0.0848 e. The van der Waals surface area contributed by atoms with E-state index in [1.54, 1.807) is 5.57 Å². The second kappa shape index (κ2) is 5.00. The summed E-state index contributed by atoms with van der Waals surface area (Å²) in [5, 5.41) is 0. The molecule has 0 rings (SSSR count). The molecule has 0 aliphatic rings. The average molecular weight is 196 g/mol. The van der Waals surface area contributed by atoms with E-state index in [1.165, 1.54) is 19.3 Å². The Morgan fingerprint density at radius 1 is 1.00 bits per heavy atom. The monoisotopic (exact) mass is 196 g/mol. The summed E-state index contributed by atoms with van der Waals surface area (Å²) < 4.78 is 0. The molecule has 0 aromatic carbocycles. The van der Waals surface area contributed by atoms with E-state index in [-0.39, 0.29) is 0 Å². The molecule has 0 bridgehead atoms. The van der Waals surface area contributed by atoms with Crippen LogP contribution in [0.15, 0.2) is 11.6 Å². The van der Waals surface area contributed by atoms with Gasteiger partial charge >= 0.3 is 0 Å². The Morgan fingerprint density at radius 3 is 1.79 bits per heavy atom. The van der Waals surface area contributed by atoms with Gasteiger partial charge in [0.2, 0.25) is 0 Å². The van der Waals surface area contributed by atoms with Crippen molar-refractivity contribution in [3.05, 3.63) is 11.6 Å². The molecule has 0 amide bonds. The van der Waals surface area contributed by atoms with Gasteiger partial charge in [-0.25, -0.2) is 0 Å². The zero-order valence-corrected chi connectivity index (χ0v) is 11.2. The fourth-order valence-corrected chi connectivity index (χ4v) is 1.66. The molecule has 0 aromatic rings. The first-order chi connectivity index (χ1) is 6.17. The molecule has 0 heterocycles. The van der Waals surface area contributed by atoms with Gasteiger partial charge in [0.15, 0.2) is 0 Å². The Hall–Kier alpha value is -0.260. The van der Waals surface area contributed by atoms with Crippen LogP contribution in [0.1, 0.15) is 67.7 Å². The van der Waals surface area contributed by atoms with Gasteiger partial charge in [0.1, 0.15) is 0 Å². The van der Waals surface area contributed by atoms with Crippen LogP contribution in [-0.2, 0) is 0 Å². The van der Waals surface area contributed by atoms with Crippen molar-refractivity contribution in [1.82, 2.24) is 0 Å². The van der Waals surface area contributed by atoms with E-state index >= 15 is 0 Å². The van der Waals surface area contributed by atoms with Crippen molar-refractivity contribution in [3.63, 3.8) is 0 Å². The SMILES string of the molecule is CCC(=CCCC(C)(C)C)C(C)(C)C. The molecule has 0 saturated heterocycles. The van der Waals surface area contributed by atoms with Crippen molar-refractivity contribution >= 4 is 0 Å². The second-order valence-electron chi connectivity index (χ2n) is 6.43. The molecule has 0 aromatic heterocycles. The summed E-state index contributed by atoms with van der Waals surface area (Å²) in [6.07, 6.45) is 6.15. The van der Waals surface area contributed by atoms with Crippen LogP contribution >= 0.6 is 0 Å². The molecule has 0 unspecified atom stereocenters. The molecule has 84 valence electrons. The zero-order valence-electron chi connectivity index (χ0n) is 11.2. The number of allylic oxidation sites excluding steroid dienone is 2. The molecule has 14 heavy (non-hydrogen) atoms. The molecule has 0 spiro atoms. The van der Waals surface area contributed by atoms with Crippen LogP contribution in [0.3, 0.4) is 0 Å². The molecule has 0 aliphatic carbocycles. The summed E-state index contributed by atoms with van der Waals surface area (Å²) >= 11 is 0. The zero-order chi connectivity index (χ0) is 11.4. The van der Waals surface area contributed by atoms with Crippen LogP contribution in [0.2, 0.25) is 0 Å². The van der Waals surface area contributed by atoms with Crippen LogP contribution in [0.25, 0.3) is 0 Å². The topological polar surface area (TPSA) is 0 Å². The Balaban J connectivity index is 4.21. The smallest absolute Gasteiger partial charge is 0.0173 e. The molecule has 0 atom stereocenters. The minimum atomic E-state index is 0.354. The molecular weight excluding hydrogens is 168 g/mol. The van der Waals surface area contributed by atoms with E-state index in [0.717, 1.165) is 0 Å². The van der Waals surface area contributed by atoms with E-state index in [9.17, 15) is 0 Å². The Labute approximate surface area is 90.8 Å². The third-order valence-electron chi connectivity index (χ3n) is 2.63. The first-order valence-electron chi connectivity index (χ1n) is 5.86. The lowest BCUT2D eigenvalue weighted by Gasteiger charge is -2.23. The highest BCUT2D eigenvalue weighted by Gasteiger charge is 2.15. The van der Waals surface area contributed by atoms with Gasteiger partial charge < -0.3 is 0 Å². The summed E-state index contributed by atoms with van der Waals surface area (Å²) in [5.41, 5.74) is 2.42. The molecule has 0 nitrogen and oxygen atoms in total. The summed E-state index contributed by atoms with van der Waals surface area (Å²) in [6, 6.07) is 0. The van der Waals surface area contributed by atoms with Crippen molar-refractivity contribution in [2.24, 2.45) is 10.8 Å². The van der Waals surface area contributed by atoms with Gasteiger partial charge in [-0.1, -0.05) is 60.1 Å². The third-order valence-corrected chi connectivity index (χ3v) is 2.63. The number of rotatable bonds is 3. The molecule has 0 aliphatic heterocycles. The number of hydrogen-bond acceptors (Lipinski definition) is 0. The van der Waals surface area contributed by atoms with Crippen LogP contribution < -0.4 is 0 Å². The molecule has 0 saturated carbocycles. The predicted octanol–water partition coefficient (Wildman–Crippen LogP) is 5.20. The first-order valence-corrected chi connectivity index (χ1v) is 5.86. The lowest BCUT2D eigenvalue weighted by Crippen LogP contribution is -2.09. The third kappa shape index (κ3) is 6.23. The first kappa shape index (κ1) is 13.7. The maximum Gasteiger partial charge on any atom is -0.0173 e. The fourth-order valence-electron chi connectivity index (χ4n) is 1.66. The average Bonchev–Trinajstić information content (AvgIpc) is 1.93. The minimum absolute atomic E-state index is 0.354. The van der Waals surface area contributed by atoms with Crippen molar-refractivity contribution in [1.29, 1.82) is 0 Å². The predicted molar refractivity (Wildman–Crippen MR) is 66.5 cm³/mol. The highest BCUT2D eigenvalue weighted by Crippen LogP contribution is 2.29. The van der Waals surface area contributed by atoms with E-state index in [4.69, 9.17) is 0 Å². The summed E-state index contributed by atoms with van der Waals surface area (Å²) in [7, 11) is 0. The van der Waals surface area contributed by atoms with Crippen LogP contribution in [-0.4, -0.2) is 0 Å². The van der Waals surface area contributed by atoms with Gasteiger partial charge in [-0.3, -0.25) is 0 Å². The maximum atomic E-state index is 2.45. The summed E-state index contributed by atoms with van der Waals surface area (Å²) in [5.74, 6) is 0. The fraction of sp³-hybridized carbons (Fsp3) is 0.857. The second-order valence-corrected chi connectivity index (χ2v) is 6.43. The lowest BCUT2D eigenvalue weighted by atomic mass is 9.83. The quantitative estimate of drug-likeness (QED) is 0.545. The Bertz CT molecular complexity index is 183. The van der Waals surface area contributed by atoms with Gasteiger partial charge in [0.25, 0.3) is 0 Å². The van der Waals surface area contributed by atoms with Crippen LogP contribution in [0.4, 0.5) is 0 Å². The standard InChI is InChI=1S/C14H28/c1-8-12(14(5,6)7)10-9-11-13(2,3)4/h10H,8-9,11H2,1-7H3.